The SMILES string of the molecule is CC1C2Cc3c(cc(C(F)(F)F)cc3[N+](=O)[O-])CN2C(=O)[C@]12CC[C@@H](N1CCCCCC1)C2. The number of amides is 1. The molecule has 1 amide bonds. The maximum Gasteiger partial charge on any atom is 0.416 e. The fourth-order valence-corrected chi connectivity index (χ4v) is 6.99. The van der Waals surface area contributed by atoms with Crippen molar-refractivity contribution >= 4 is 11.6 Å². The van der Waals surface area contributed by atoms with Crippen molar-refractivity contribution < 1.29 is 22.9 Å². The van der Waals surface area contributed by atoms with Crippen molar-refractivity contribution in [2.45, 2.75) is 83.1 Å². The monoisotopic (exact) mass is 465 g/mol. The van der Waals surface area contributed by atoms with E-state index in [1.54, 1.807) is 4.90 Å². The number of halogens is 3. The minimum atomic E-state index is -4.67. The molecule has 6 nitrogen and oxygen atoms in total. The second-order valence-corrected chi connectivity index (χ2v) is 10.4. The van der Waals surface area contributed by atoms with Crippen LogP contribution in [-0.4, -0.2) is 45.8 Å². The van der Waals surface area contributed by atoms with Gasteiger partial charge in [0, 0.05) is 36.7 Å². The van der Waals surface area contributed by atoms with E-state index in [0.717, 1.165) is 38.4 Å². The van der Waals surface area contributed by atoms with Gasteiger partial charge in [-0.05, 0) is 62.7 Å². The molecule has 1 aromatic rings. The van der Waals surface area contributed by atoms with E-state index in [0.29, 0.717) is 17.7 Å². The molecule has 1 saturated carbocycles. The molecule has 0 bridgehead atoms. The van der Waals surface area contributed by atoms with Crippen LogP contribution < -0.4 is 0 Å². The highest BCUT2D eigenvalue weighted by Gasteiger charge is 2.61. The van der Waals surface area contributed by atoms with Gasteiger partial charge in [-0.3, -0.25) is 14.9 Å². The summed E-state index contributed by atoms with van der Waals surface area (Å²) in [7, 11) is 0. The summed E-state index contributed by atoms with van der Waals surface area (Å²) in [5.41, 5.74) is -1.40. The van der Waals surface area contributed by atoms with Gasteiger partial charge in [-0.25, -0.2) is 0 Å². The molecule has 180 valence electrons. The van der Waals surface area contributed by atoms with Gasteiger partial charge in [0.15, 0.2) is 0 Å². The van der Waals surface area contributed by atoms with Gasteiger partial charge >= 0.3 is 6.18 Å². The highest BCUT2D eigenvalue weighted by atomic mass is 19.4. The van der Waals surface area contributed by atoms with Crippen molar-refractivity contribution in [3.63, 3.8) is 0 Å². The maximum atomic E-state index is 13.7. The lowest BCUT2D eigenvalue weighted by Crippen LogP contribution is -2.40. The Morgan fingerprint density at radius 3 is 2.48 bits per heavy atom. The van der Waals surface area contributed by atoms with Gasteiger partial charge < -0.3 is 9.80 Å². The Morgan fingerprint density at radius 2 is 1.85 bits per heavy atom. The number of alkyl halides is 3. The number of likely N-dealkylation sites (tertiary alicyclic amines) is 1. The van der Waals surface area contributed by atoms with Crippen LogP contribution in [0.4, 0.5) is 18.9 Å². The molecule has 1 spiro atoms. The molecule has 0 aromatic heterocycles. The summed E-state index contributed by atoms with van der Waals surface area (Å²) < 4.78 is 40.2. The zero-order valence-corrected chi connectivity index (χ0v) is 18.9. The fourth-order valence-electron chi connectivity index (χ4n) is 6.99. The number of fused-ring (bicyclic) bond motifs is 2. The number of carbonyl (C=O) groups excluding carboxylic acids is 1. The average molecular weight is 466 g/mol. The van der Waals surface area contributed by atoms with Crippen molar-refractivity contribution in [3.8, 4) is 0 Å². The molecule has 0 radical (unpaired) electrons. The van der Waals surface area contributed by atoms with Gasteiger partial charge in [-0.2, -0.15) is 13.2 Å². The summed E-state index contributed by atoms with van der Waals surface area (Å²) in [6.07, 6.45) is 2.96. The lowest BCUT2D eigenvalue weighted by Gasteiger charge is -2.33. The summed E-state index contributed by atoms with van der Waals surface area (Å²) in [6, 6.07) is 1.81. The minimum absolute atomic E-state index is 0.0111. The van der Waals surface area contributed by atoms with Crippen LogP contribution in [0, 0.1) is 21.4 Å². The van der Waals surface area contributed by atoms with Crippen LogP contribution in [-0.2, 0) is 23.9 Å². The topological polar surface area (TPSA) is 66.7 Å². The lowest BCUT2D eigenvalue weighted by molar-refractivity contribution is -0.386. The average Bonchev–Trinajstić information content (AvgIpc) is 3.14. The summed E-state index contributed by atoms with van der Waals surface area (Å²) in [4.78, 5) is 28.9. The Morgan fingerprint density at radius 1 is 1.15 bits per heavy atom. The number of hydrogen-bond acceptors (Lipinski definition) is 4. The van der Waals surface area contributed by atoms with Crippen LogP contribution in [0.5, 0.6) is 0 Å². The van der Waals surface area contributed by atoms with Gasteiger partial charge in [-0.15, -0.1) is 0 Å². The van der Waals surface area contributed by atoms with E-state index in [9.17, 15) is 28.1 Å². The number of benzene rings is 1. The first-order valence-corrected chi connectivity index (χ1v) is 12.0. The summed E-state index contributed by atoms with van der Waals surface area (Å²) >= 11 is 0. The number of nitro benzene ring substituents is 1. The highest BCUT2D eigenvalue weighted by molar-refractivity contribution is 5.87. The van der Waals surface area contributed by atoms with Crippen LogP contribution in [0.3, 0.4) is 0 Å². The molecule has 9 heteroatoms. The Labute approximate surface area is 191 Å². The third-order valence-electron chi connectivity index (χ3n) is 8.81. The quantitative estimate of drug-likeness (QED) is 0.459. The molecule has 3 heterocycles. The van der Waals surface area contributed by atoms with Crippen molar-refractivity contribution in [1.82, 2.24) is 9.80 Å². The largest absolute Gasteiger partial charge is 0.416 e. The first kappa shape index (κ1) is 22.6. The predicted molar refractivity (Wildman–Crippen MR) is 115 cm³/mol. The summed E-state index contributed by atoms with van der Waals surface area (Å²) in [5, 5.41) is 11.6. The van der Waals surface area contributed by atoms with Crippen LogP contribution >= 0.6 is 0 Å². The molecule has 2 saturated heterocycles. The zero-order chi connectivity index (χ0) is 23.5. The minimum Gasteiger partial charge on any atom is -0.334 e. The Hall–Kier alpha value is -2.16. The number of nitro groups is 1. The van der Waals surface area contributed by atoms with E-state index in [-0.39, 0.29) is 36.4 Å². The van der Waals surface area contributed by atoms with Gasteiger partial charge in [0.2, 0.25) is 5.91 Å². The van der Waals surface area contributed by atoms with E-state index in [4.69, 9.17) is 0 Å². The van der Waals surface area contributed by atoms with Crippen molar-refractivity contribution in [3.05, 3.63) is 38.9 Å². The van der Waals surface area contributed by atoms with Gasteiger partial charge in [0.05, 0.1) is 15.9 Å². The molecule has 3 aliphatic heterocycles. The van der Waals surface area contributed by atoms with Gasteiger partial charge in [0.1, 0.15) is 0 Å². The molecule has 1 aromatic carbocycles. The fraction of sp³-hybridized carbons (Fsp3) is 0.708. The Kier molecular flexibility index (Phi) is 5.46. The number of rotatable bonds is 2. The van der Waals surface area contributed by atoms with Gasteiger partial charge in [-0.1, -0.05) is 19.8 Å². The third kappa shape index (κ3) is 3.63. The second kappa shape index (κ2) is 7.96. The first-order chi connectivity index (χ1) is 15.6. The van der Waals surface area contributed by atoms with Crippen molar-refractivity contribution in [1.29, 1.82) is 0 Å². The number of nitrogens with zero attached hydrogens (tertiary/aromatic N) is 3. The number of hydrogen-bond donors (Lipinski definition) is 0. The first-order valence-electron chi connectivity index (χ1n) is 12.0. The van der Waals surface area contributed by atoms with Crippen LogP contribution in [0.15, 0.2) is 12.1 Å². The zero-order valence-electron chi connectivity index (χ0n) is 18.9. The van der Waals surface area contributed by atoms with E-state index in [2.05, 4.69) is 11.8 Å². The predicted octanol–water partition coefficient (Wildman–Crippen LogP) is 4.93. The van der Waals surface area contributed by atoms with Crippen molar-refractivity contribution in [2.24, 2.45) is 11.3 Å². The van der Waals surface area contributed by atoms with Crippen molar-refractivity contribution in [2.75, 3.05) is 13.1 Å². The summed E-state index contributed by atoms with van der Waals surface area (Å²) in [5.74, 6) is 0.0417. The molecule has 0 N–H and O–H groups in total. The molecular formula is C24H30F3N3O3. The lowest BCUT2D eigenvalue weighted by atomic mass is 9.73. The standard InChI is InChI=1S/C24H30F3N3O3/c1-15-20-12-19-16(10-17(24(25,26)27)11-21(19)30(32)33)14-29(20)22(31)23(15)7-6-18(13-23)28-8-4-2-3-5-9-28/h10-11,15,18,20H,2-9,12-14H2,1H3/t15?,18-,20?,23+/m1/s1. The summed E-state index contributed by atoms with van der Waals surface area (Å²) in [6.45, 7) is 4.21. The maximum absolute atomic E-state index is 13.7. The molecule has 3 fully saturated rings. The second-order valence-electron chi connectivity index (χ2n) is 10.4. The smallest absolute Gasteiger partial charge is 0.334 e. The molecule has 4 aliphatic rings. The van der Waals surface area contributed by atoms with Crippen LogP contribution in [0.25, 0.3) is 0 Å². The molecule has 33 heavy (non-hydrogen) atoms. The Balaban J connectivity index is 1.44. The molecule has 2 unspecified atom stereocenters. The molecular weight excluding hydrogens is 435 g/mol. The number of carbonyl (C=O) groups is 1. The highest BCUT2D eigenvalue weighted by Crippen LogP contribution is 2.56. The van der Waals surface area contributed by atoms with Crippen LogP contribution in [0.1, 0.15) is 68.6 Å². The van der Waals surface area contributed by atoms with E-state index in [1.807, 2.05) is 0 Å². The normalized spacial score (nSPS) is 32.7. The van der Waals surface area contributed by atoms with Gasteiger partial charge in [0.25, 0.3) is 5.69 Å². The van der Waals surface area contributed by atoms with Crippen LogP contribution in [0.2, 0.25) is 0 Å². The molecule has 1 aliphatic carbocycles. The Bertz CT molecular complexity index is 974. The molecule has 5 rings (SSSR count). The van der Waals surface area contributed by atoms with E-state index >= 15 is 0 Å². The van der Waals surface area contributed by atoms with E-state index < -0.39 is 27.8 Å². The molecule has 4 atom stereocenters. The third-order valence-corrected chi connectivity index (χ3v) is 8.81. The van der Waals surface area contributed by atoms with E-state index in [1.165, 1.54) is 25.7 Å².